The molecule has 4 heteroatoms. The highest BCUT2D eigenvalue weighted by atomic mass is 16.5. The first-order valence-electron chi connectivity index (χ1n) is 8.66. The van der Waals surface area contributed by atoms with Gasteiger partial charge in [-0.25, -0.2) is 9.13 Å². The molecule has 4 nitrogen and oxygen atoms in total. The maximum atomic E-state index is 6.37. The Morgan fingerprint density at radius 3 is 2.60 bits per heavy atom. The average molecular weight is 332 g/mol. The Labute approximate surface area is 147 Å². The predicted molar refractivity (Wildman–Crippen MR) is 102 cm³/mol. The van der Waals surface area contributed by atoms with Crippen molar-refractivity contribution in [2.24, 2.45) is 0 Å². The van der Waals surface area contributed by atoms with Gasteiger partial charge in [0.2, 0.25) is 0 Å². The summed E-state index contributed by atoms with van der Waals surface area (Å²) in [5.41, 5.74) is 8.67. The highest BCUT2D eigenvalue weighted by molar-refractivity contribution is 5.88. The molecule has 4 aromatic rings. The summed E-state index contributed by atoms with van der Waals surface area (Å²) >= 11 is 0. The lowest BCUT2D eigenvalue weighted by atomic mass is 10.1. The lowest BCUT2D eigenvalue weighted by molar-refractivity contribution is -0.658. The van der Waals surface area contributed by atoms with Crippen LogP contribution in [-0.2, 0) is 13.1 Å². The number of para-hydroxylation sites is 2. The fourth-order valence-electron chi connectivity index (χ4n) is 3.45. The van der Waals surface area contributed by atoms with Crippen molar-refractivity contribution in [2.75, 3.05) is 12.3 Å². The van der Waals surface area contributed by atoms with Crippen LogP contribution in [0.2, 0.25) is 0 Å². The summed E-state index contributed by atoms with van der Waals surface area (Å²) < 4.78 is 10.3. The number of hydrogen-bond donors (Lipinski definition) is 1. The van der Waals surface area contributed by atoms with Crippen molar-refractivity contribution in [1.82, 2.24) is 4.57 Å². The number of rotatable bonds is 5. The average Bonchev–Trinajstić information content (AvgIpc) is 2.93. The Morgan fingerprint density at radius 2 is 1.72 bits per heavy atom. The molecule has 25 heavy (non-hydrogen) atoms. The van der Waals surface area contributed by atoms with E-state index in [0.29, 0.717) is 13.2 Å². The molecule has 0 unspecified atom stereocenters. The summed E-state index contributed by atoms with van der Waals surface area (Å²) in [6.45, 7) is 4.24. The van der Waals surface area contributed by atoms with Crippen LogP contribution in [0.25, 0.3) is 21.8 Å². The minimum Gasteiger partial charge on any atom is -0.490 e. The van der Waals surface area contributed by atoms with Gasteiger partial charge in [-0.05, 0) is 30.5 Å². The largest absolute Gasteiger partial charge is 0.490 e. The standard InChI is InChI=1S/C21H21N3O/c1-2-23-18-11-5-6-12-19(18)24(21(23)22)14-15-25-20-13-7-9-16-8-3-4-10-17(16)20/h3-13,22H,2,14-15H2,1H3/p+1. The van der Waals surface area contributed by atoms with Gasteiger partial charge in [-0.3, -0.25) is 5.73 Å². The van der Waals surface area contributed by atoms with E-state index >= 15 is 0 Å². The quantitative estimate of drug-likeness (QED) is 0.566. The molecule has 1 heterocycles. The van der Waals surface area contributed by atoms with Crippen LogP contribution in [0, 0.1) is 0 Å². The van der Waals surface area contributed by atoms with Crippen LogP contribution in [0.15, 0.2) is 66.7 Å². The molecule has 0 amide bonds. The molecule has 3 aromatic carbocycles. The second-order valence-corrected chi connectivity index (χ2v) is 6.07. The summed E-state index contributed by atoms with van der Waals surface area (Å²) in [4.78, 5) is 0. The number of nitrogens with two attached hydrogens (primary N) is 1. The minimum atomic E-state index is 0.570. The first-order chi connectivity index (χ1) is 12.3. The van der Waals surface area contributed by atoms with Crippen molar-refractivity contribution in [3.8, 4) is 5.75 Å². The van der Waals surface area contributed by atoms with Crippen LogP contribution in [0.5, 0.6) is 5.75 Å². The lowest BCUT2D eigenvalue weighted by Crippen LogP contribution is -2.39. The Bertz CT molecular complexity index is 1030. The minimum absolute atomic E-state index is 0.570. The smallest absolute Gasteiger partial charge is 0.356 e. The number of nitrogens with zero attached hydrogens (tertiary/aromatic N) is 2. The number of aromatic nitrogens is 2. The van der Waals surface area contributed by atoms with E-state index in [0.717, 1.165) is 34.7 Å². The van der Waals surface area contributed by atoms with Crippen LogP contribution in [-0.4, -0.2) is 11.2 Å². The maximum Gasteiger partial charge on any atom is 0.356 e. The fourth-order valence-corrected chi connectivity index (χ4v) is 3.45. The zero-order valence-corrected chi connectivity index (χ0v) is 14.4. The Balaban J connectivity index is 1.60. The molecule has 0 atom stereocenters. The van der Waals surface area contributed by atoms with Crippen molar-refractivity contribution in [3.05, 3.63) is 66.7 Å². The number of anilines is 1. The normalized spacial score (nSPS) is 11.2. The number of aryl methyl sites for hydroxylation is 1. The molecule has 0 aliphatic rings. The summed E-state index contributed by atoms with van der Waals surface area (Å²) in [5.74, 6) is 1.68. The van der Waals surface area contributed by atoms with E-state index in [1.165, 1.54) is 5.39 Å². The van der Waals surface area contributed by atoms with Crippen LogP contribution in [0.3, 0.4) is 0 Å². The molecular formula is C21H22N3O+. The molecule has 0 aliphatic carbocycles. The number of fused-ring (bicyclic) bond motifs is 2. The molecule has 0 radical (unpaired) electrons. The van der Waals surface area contributed by atoms with Crippen molar-refractivity contribution < 1.29 is 9.30 Å². The van der Waals surface area contributed by atoms with Crippen LogP contribution >= 0.6 is 0 Å². The predicted octanol–water partition coefficient (Wildman–Crippen LogP) is 3.76. The van der Waals surface area contributed by atoms with Crippen molar-refractivity contribution in [2.45, 2.75) is 20.0 Å². The summed E-state index contributed by atoms with van der Waals surface area (Å²) in [6.07, 6.45) is 0. The van der Waals surface area contributed by atoms with Gasteiger partial charge in [0.25, 0.3) is 0 Å². The topological polar surface area (TPSA) is 44.1 Å². The molecule has 0 fully saturated rings. The number of hydrogen-bond acceptors (Lipinski definition) is 2. The van der Waals surface area contributed by atoms with Gasteiger partial charge in [0.05, 0.1) is 6.54 Å². The Hall–Kier alpha value is -3.01. The SMILES string of the molecule is CCn1c(N)[n+](CCOc2cccc3ccccc23)c2ccccc21. The van der Waals surface area contributed by atoms with Gasteiger partial charge in [-0.1, -0.05) is 48.5 Å². The molecule has 0 saturated carbocycles. The first kappa shape index (κ1) is 15.5. The third-order valence-corrected chi connectivity index (χ3v) is 4.65. The molecule has 0 bridgehead atoms. The van der Waals surface area contributed by atoms with Gasteiger partial charge in [0.1, 0.15) is 29.9 Å². The van der Waals surface area contributed by atoms with E-state index in [4.69, 9.17) is 10.5 Å². The number of benzene rings is 3. The number of nitrogen functional groups attached to an aromatic ring is 1. The van der Waals surface area contributed by atoms with Gasteiger partial charge in [-0.15, -0.1) is 0 Å². The van der Waals surface area contributed by atoms with E-state index in [2.05, 4.69) is 46.4 Å². The van der Waals surface area contributed by atoms with Gasteiger partial charge in [0, 0.05) is 5.39 Å². The van der Waals surface area contributed by atoms with Crippen LogP contribution in [0.1, 0.15) is 6.92 Å². The number of ether oxygens (including phenoxy) is 1. The van der Waals surface area contributed by atoms with Gasteiger partial charge < -0.3 is 4.74 Å². The second-order valence-electron chi connectivity index (χ2n) is 6.07. The van der Waals surface area contributed by atoms with Gasteiger partial charge >= 0.3 is 5.95 Å². The second kappa shape index (κ2) is 6.48. The van der Waals surface area contributed by atoms with E-state index < -0.39 is 0 Å². The molecular weight excluding hydrogens is 310 g/mol. The summed E-state index contributed by atoms with van der Waals surface area (Å²) in [7, 11) is 0. The van der Waals surface area contributed by atoms with E-state index in [9.17, 15) is 0 Å². The third kappa shape index (κ3) is 2.70. The highest BCUT2D eigenvalue weighted by Gasteiger charge is 2.19. The van der Waals surface area contributed by atoms with Crippen LogP contribution in [0.4, 0.5) is 5.95 Å². The van der Waals surface area contributed by atoms with E-state index in [1.54, 1.807) is 0 Å². The highest BCUT2D eigenvalue weighted by Crippen LogP contribution is 2.25. The van der Waals surface area contributed by atoms with E-state index in [-0.39, 0.29) is 0 Å². The molecule has 0 aliphatic heterocycles. The first-order valence-corrected chi connectivity index (χ1v) is 8.66. The summed E-state index contributed by atoms with van der Waals surface area (Å²) in [5, 5.41) is 2.33. The molecule has 1 aromatic heterocycles. The van der Waals surface area contributed by atoms with Crippen molar-refractivity contribution >= 4 is 27.8 Å². The summed E-state index contributed by atoms with van der Waals surface area (Å²) in [6, 6.07) is 22.7. The van der Waals surface area contributed by atoms with Gasteiger partial charge in [0.15, 0.2) is 0 Å². The van der Waals surface area contributed by atoms with E-state index in [1.807, 2.05) is 36.4 Å². The Morgan fingerprint density at radius 1 is 0.960 bits per heavy atom. The van der Waals surface area contributed by atoms with Gasteiger partial charge in [-0.2, -0.15) is 0 Å². The monoisotopic (exact) mass is 332 g/mol. The zero-order chi connectivity index (χ0) is 17.2. The maximum absolute atomic E-state index is 6.37. The van der Waals surface area contributed by atoms with Crippen LogP contribution < -0.4 is 15.0 Å². The molecule has 0 spiro atoms. The molecule has 4 rings (SSSR count). The Kier molecular flexibility index (Phi) is 4.02. The molecule has 0 saturated heterocycles. The lowest BCUT2D eigenvalue weighted by Gasteiger charge is -2.09. The number of imidazole rings is 1. The molecule has 126 valence electrons. The van der Waals surface area contributed by atoms with Crippen molar-refractivity contribution in [3.63, 3.8) is 0 Å². The third-order valence-electron chi connectivity index (χ3n) is 4.65. The molecule has 2 N–H and O–H groups in total. The fraction of sp³-hybridized carbons (Fsp3) is 0.190. The zero-order valence-electron chi connectivity index (χ0n) is 14.4. The van der Waals surface area contributed by atoms with Crippen molar-refractivity contribution in [1.29, 1.82) is 0 Å².